The highest BCUT2D eigenvalue weighted by Crippen LogP contribution is 2.32. The van der Waals surface area contributed by atoms with Crippen molar-refractivity contribution in [1.82, 2.24) is 10.7 Å². The average molecular weight is 377 g/mol. The highest BCUT2D eigenvalue weighted by molar-refractivity contribution is 7.80. The zero-order chi connectivity index (χ0) is 18.6. The Kier molecular flexibility index (Phi) is 4.89. The van der Waals surface area contributed by atoms with E-state index in [-0.39, 0.29) is 6.79 Å². The Morgan fingerprint density at radius 3 is 2.70 bits per heavy atom. The molecular formula is C21H19N3O2S. The minimum atomic E-state index is 0.273. The van der Waals surface area contributed by atoms with Gasteiger partial charge in [-0.25, -0.2) is 0 Å². The van der Waals surface area contributed by atoms with E-state index < -0.39 is 0 Å². The second-order valence-electron chi connectivity index (χ2n) is 6.24. The van der Waals surface area contributed by atoms with Gasteiger partial charge in [0.25, 0.3) is 0 Å². The van der Waals surface area contributed by atoms with Gasteiger partial charge in [0.2, 0.25) is 6.79 Å². The van der Waals surface area contributed by atoms with E-state index in [1.165, 1.54) is 10.8 Å². The quantitative estimate of drug-likeness (QED) is 0.410. The van der Waals surface area contributed by atoms with Crippen LogP contribution in [0.1, 0.15) is 18.1 Å². The molecule has 0 aromatic heterocycles. The molecule has 3 aromatic carbocycles. The van der Waals surface area contributed by atoms with Crippen LogP contribution in [0.4, 0.5) is 0 Å². The zero-order valence-corrected chi connectivity index (χ0v) is 15.7. The molecule has 0 atom stereocenters. The molecule has 0 saturated heterocycles. The van der Waals surface area contributed by atoms with Crippen LogP contribution < -0.4 is 20.2 Å². The zero-order valence-electron chi connectivity index (χ0n) is 14.9. The lowest BCUT2D eigenvalue weighted by Crippen LogP contribution is -2.32. The minimum absolute atomic E-state index is 0.273. The first kappa shape index (κ1) is 17.3. The molecule has 1 aliphatic rings. The second-order valence-corrected chi connectivity index (χ2v) is 6.65. The van der Waals surface area contributed by atoms with Crippen LogP contribution in [-0.4, -0.2) is 17.6 Å². The monoisotopic (exact) mass is 377 g/mol. The molecule has 0 spiro atoms. The van der Waals surface area contributed by atoms with Crippen molar-refractivity contribution in [2.75, 3.05) is 6.79 Å². The number of nitrogens with one attached hydrogen (secondary N) is 2. The number of hydrazone groups is 1. The minimum Gasteiger partial charge on any atom is -0.454 e. The Hall–Kier alpha value is -3.12. The standard InChI is InChI=1S/C21H19N3O2S/c1-14(17-8-7-16-4-2-3-5-18(16)11-17)23-24-21(27)22-12-15-6-9-19-20(10-15)26-13-25-19/h2-11H,12-13H2,1H3,(H2,22,24,27)/b23-14-. The Morgan fingerprint density at radius 2 is 1.81 bits per heavy atom. The largest absolute Gasteiger partial charge is 0.454 e. The van der Waals surface area contributed by atoms with Gasteiger partial charge in [0, 0.05) is 6.54 Å². The summed E-state index contributed by atoms with van der Waals surface area (Å²) in [5, 5.41) is 10.4. The fraction of sp³-hybridized carbons (Fsp3) is 0.143. The van der Waals surface area contributed by atoms with E-state index in [0.29, 0.717) is 11.7 Å². The van der Waals surface area contributed by atoms with Crippen molar-refractivity contribution in [2.45, 2.75) is 13.5 Å². The molecule has 0 radical (unpaired) electrons. The van der Waals surface area contributed by atoms with Gasteiger partial charge in [0.1, 0.15) is 0 Å². The van der Waals surface area contributed by atoms with Crippen LogP contribution in [0.15, 0.2) is 65.8 Å². The van der Waals surface area contributed by atoms with Crippen molar-refractivity contribution in [3.8, 4) is 11.5 Å². The lowest BCUT2D eigenvalue weighted by molar-refractivity contribution is 0.174. The smallest absolute Gasteiger partial charge is 0.231 e. The third-order valence-corrected chi connectivity index (χ3v) is 4.62. The maximum atomic E-state index is 5.38. The van der Waals surface area contributed by atoms with E-state index in [0.717, 1.165) is 28.3 Å². The van der Waals surface area contributed by atoms with Crippen molar-refractivity contribution in [2.24, 2.45) is 5.10 Å². The molecule has 1 aliphatic heterocycles. The first-order chi connectivity index (χ1) is 13.2. The molecular weight excluding hydrogens is 358 g/mol. The summed E-state index contributed by atoms with van der Waals surface area (Å²) < 4.78 is 10.7. The van der Waals surface area contributed by atoms with Gasteiger partial charge in [-0.15, -0.1) is 0 Å². The first-order valence-corrected chi connectivity index (χ1v) is 9.06. The molecule has 0 aliphatic carbocycles. The van der Waals surface area contributed by atoms with E-state index >= 15 is 0 Å². The lowest BCUT2D eigenvalue weighted by Gasteiger charge is -2.09. The van der Waals surface area contributed by atoms with E-state index in [1.54, 1.807) is 0 Å². The SMILES string of the molecule is C/C(=N/NC(=S)NCc1ccc2c(c1)OCO2)c1ccc2ccccc2c1. The van der Waals surface area contributed by atoms with Gasteiger partial charge >= 0.3 is 0 Å². The molecule has 0 fully saturated rings. The van der Waals surface area contributed by atoms with E-state index in [4.69, 9.17) is 21.7 Å². The van der Waals surface area contributed by atoms with Crippen molar-refractivity contribution in [1.29, 1.82) is 0 Å². The van der Waals surface area contributed by atoms with Gasteiger partial charge in [-0.3, -0.25) is 5.43 Å². The van der Waals surface area contributed by atoms with Crippen LogP contribution in [0, 0.1) is 0 Å². The molecule has 6 heteroatoms. The number of benzene rings is 3. The number of ether oxygens (including phenoxy) is 2. The van der Waals surface area contributed by atoms with Crippen LogP contribution in [0.25, 0.3) is 10.8 Å². The molecule has 136 valence electrons. The summed E-state index contributed by atoms with van der Waals surface area (Å²) in [5.41, 5.74) is 5.88. The molecule has 0 amide bonds. The summed E-state index contributed by atoms with van der Waals surface area (Å²) in [7, 11) is 0. The van der Waals surface area contributed by atoms with Gasteiger partial charge < -0.3 is 14.8 Å². The van der Waals surface area contributed by atoms with Crippen LogP contribution in [-0.2, 0) is 6.54 Å². The Morgan fingerprint density at radius 1 is 1.00 bits per heavy atom. The molecule has 3 aromatic rings. The van der Waals surface area contributed by atoms with Gasteiger partial charge in [0.05, 0.1) is 5.71 Å². The predicted octanol–water partition coefficient (Wildman–Crippen LogP) is 3.96. The van der Waals surface area contributed by atoms with Crippen molar-refractivity contribution in [3.63, 3.8) is 0 Å². The molecule has 5 nitrogen and oxygen atoms in total. The topological polar surface area (TPSA) is 54.9 Å². The highest BCUT2D eigenvalue weighted by Gasteiger charge is 2.13. The van der Waals surface area contributed by atoms with Gasteiger partial charge in [0.15, 0.2) is 16.6 Å². The number of fused-ring (bicyclic) bond motifs is 2. The van der Waals surface area contributed by atoms with Crippen LogP contribution in [0.2, 0.25) is 0 Å². The fourth-order valence-corrected chi connectivity index (χ4v) is 3.00. The second kappa shape index (κ2) is 7.63. The lowest BCUT2D eigenvalue weighted by atomic mass is 10.0. The molecule has 4 rings (SSSR count). The van der Waals surface area contributed by atoms with Crippen molar-refractivity contribution in [3.05, 3.63) is 71.8 Å². The number of hydrogen-bond acceptors (Lipinski definition) is 4. The van der Waals surface area contributed by atoms with Crippen molar-refractivity contribution >= 4 is 33.8 Å². The van der Waals surface area contributed by atoms with Gasteiger partial charge in [-0.05, 0) is 59.2 Å². The number of hydrogen-bond donors (Lipinski definition) is 2. The van der Waals surface area contributed by atoms with Crippen LogP contribution >= 0.6 is 12.2 Å². The maximum Gasteiger partial charge on any atom is 0.231 e. The van der Waals surface area contributed by atoms with Gasteiger partial charge in [-0.1, -0.05) is 42.5 Å². The third-order valence-electron chi connectivity index (χ3n) is 4.38. The fourth-order valence-electron chi connectivity index (χ4n) is 2.89. The van der Waals surface area contributed by atoms with Crippen LogP contribution in [0.5, 0.6) is 11.5 Å². The van der Waals surface area contributed by atoms with E-state index in [1.807, 2.05) is 37.3 Å². The number of thiocarbonyl (C=S) groups is 1. The highest BCUT2D eigenvalue weighted by atomic mass is 32.1. The Bertz CT molecular complexity index is 1030. The Labute approximate surface area is 163 Å². The molecule has 1 heterocycles. The van der Waals surface area contributed by atoms with Crippen LogP contribution in [0.3, 0.4) is 0 Å². The molecule has 27 heavy (non-hydrogen) atoms. The summed E-state index contributed by atoms with van der Waals surface area (Å²) in [6.45, 7) is 2.81. The predicted molar refractivity (Wildman–Crippen MR) is 111 cm³/mol. The summed E-state index contributed by atoms with van der Waals surface area (Å²) in [6.07, 6.45) is 0. The summed E-state index contributed by atoms with van der Waals surface area (Å²) in [4.78, 5) is 0. The molecule has 0 unspecified atom stereocenters. The third kappa shape index (κ3) is 4.01. The maximum absolute atomic E-state index is 5.38. The normalized spacial score (nSPS) is 12.9. The average Bonchev–Trinajstić information content (AvgIpc) is 3.18. The molecule has 0 bridgehead atoms. The summed E-state index contributed by atoms with van der Waals surface area (Å²) in [5.74, 6) is 1.54. The molecule has 0 saturated carbocycles. The van der Waals surface area contributed by atoms with E-state index in [9.17, 15) is 0 Å². The van der Waals surface area contributed by atoms with Gasteiger partial charge in [-0.2, -0.15) is 5.10 Å². The Balaban J connectivity index is 1.35. The summed E-state index contributed by atoms with van der Waals surface area (Å²) >= 11 is 5.31. The first-order valence-electron chi connectivity index (χ1n) is 8.65. The van der Waals surface area contributed by atoms with Crippen molar-refractivity contribution < 1.29 is 9.47 Å². The van der Waals surface area contributed by atoms with E-state index in [2.05, 4.69) is 46.2 Å². The number of nitrogens with zero attached hydrogens (tertiary/aromatic N) is 1. The number of rotatable bonds is 4. The summed E-state index contributed by atoms with van der Waals surface area (Å²) in [6, 6.07) is 20.4. The molecule has 2 N–H and O–H groups in total.